The lowest BCUT2D eigenvalue weighted by molar-refractivity contribution is -0.152. The van der Waals surface area contributed by atoms with Crippen LogP contribution in [-0.2, 0) is 9.53 Å². The van der Waals surface area contributed by atoms with Gasteiger partial charge in [0.05, 0.1) is 0 Å². The van der Waals surface area contributed by atoms with Gasteiger partial charge < -0.3 is 15.4 Å². The molecule has 0 saturated carbocycles. The summed E-state index contributed by atoms with van der Waals surface area (Å²) in [6.45, 7) is 5.08. The van der Waals surface area contributed by atoms with E-state index >= 15 is 0 Å². The van der Waals surface area contributed by atoms with Crippen molar-refractivity contribution in [1.29, 1.82) is 0 Å². The average Bonchev–Trinajstić information content (AvgIpc) is 2.68. The van der Waals surface area contributed by atoms with Crippen molar-refractivity contribution in [2.45, 2.75) is 38.2 Å². The molecule has 1 amide bonds. The Bertz CT molecular complexity index is 756. The van der Waals surface area contributed by atoms with Gasteiger partial charge in [-0.1, -0.05) is 6.07 Å². The summed E-state index contributed by atoms with van der Waals surface area (Å²) in [4.78, 5) is 23.3. The van der Waals surface area contributed by atoms with Gasteiger partial charge in [-0.25, -0.2) is 4.98 Å². The Kier molecular flexibility index (Phi) is 5.23. The third kappa shape index (κ3) is 3.85. The standard InChI is InChI=1S/C20H26N4O2/c1-20(2,26-3)19(25)24-10-4-5-16(13-24)17-8-6-14(11-22-17)15-7-9-18(21)23-12-15/h6-9,11-12,16H,4-5,10,13H2,1-3H3,(H2,21,23)/t16-/m1/s1. The molecule has 26 heavy (non-hydrogen) atoms. The summed E-state index contributed by atoms with van der Waals surface area (Å²) < 4.78 is 5.35. The molecule has 0 unspecified atom stereocenters. The number of hydrogen-bond acceptors (Lipinski definition) is 5. The second-order valence-corrected chi connectivity index (χ2v) is 7.25. The third-order valence-electron chi connectivity index (χ3n) is 5.06. The van der Waals surface area contributed by atoms with Crippen molar-refractivity contribution in [2.75, 3.05) is 25.9 Å². The number of amides is 1. The minimum Gasteiger partial charge on any atom is -0.384 e. The fourth-order valence-electron chi connectivity index (χ4n) is 3.26. The quantitative estimate of drug-likeness (QED) is 0.913. The lowest BCUT2D eigenvalue weighted by Crippen LogP contribution is -2.49. The second kappa shape index (κ2) is 7.41. The normalized spacial score (nSPS) is 18.0. The smallest absolute Gasteiger partial charge is 0.254 e. The molecule has 0 aliphatic carbocycles. The van der Waals surface area contributed by atoms with Gasteiger partial charge in [0, 0.05) is 55.3 Å². The zero-order valence-electron chi connectivity index (χ0n) is 15.6. The molecule has 0 spiro atoms. The van der Waals surface area contributed by atoms with E-state index in [1.807, 2.05) is 37.1 Å². The molecule has 0 radical (unpaired) electrons. The number of hydrogen-bond donors (Lipinski definition) is 1. The number of carbonyl (C=O) groups excluding carboxylic acids is 1. The number of nitrogens with zero attached hydrogens (tertiary/aromatic N) is 3. The maximum atomic E-state index is 12.7. The van der Waals surface area contributed by atoms with Gasteiger partial charge in [0.25, 0.3) is 5.91 Å². The molecular formula is C20H26N4O2. The first-order valence-electron chi connectivity index (χ1n) is 8.93. The maximum Gasteiger partial charge on any atom is 0.254 e. The zero-order chi connectivity index (χ0) is 18.7. The molecule has 1 aliphatic heterocycles. The van der Waals surface area contributed by atoms with Crippen molar-refractivity contribution in [3.8, 4) is 11.1 Å². The third-order valence-corrected chi connectivity index (χ3v) is 5.06. The highest BCUT2D eigenvalue weighted by molar-refractivity contribution is 5.84. The number of nitrogen functional groups attached to an aromatic ring is 1. The topological polar surface area (TPSA) is 81.3 Å². The molecule has 2 aromatic heterocycles. The molecule has 6 nitrogen and oxygen atoms in total. The number of piperidine rings is 1. The number of methoxy groups -OCH3 is 1. The SMILES string of the molecule is COC(C)(C)C(=O)N1CCC[C@@H](c2ccc(-c3ccc(N)nc3)cn2)C1. The number of likely N-dealkylation sites (tertiary alicyclic amines) is 1. The molecule has 138 valence electrons. The van der Waals surface area contributed by atoms with Gasteiger partial charge >= 0.3 is 0 Å². The Morgan fingerprint density at radius 2 is 1.88 bits per heavy atom. The van der Waals surface area contributed by atoms with Gasteiger partial charge in [0.2, 0.25) is 0 Å². The molecule has 2 aromatic rings. The Labute approximate surface area is 154 Å². The first-order valence-corrected chi connectivity index (χ1v) is 8.93. The number of rotatable bonds is 4. The summed E-state index contributed by atoms with van der Waals surface area (Å²) in [5.41, 5.74) is 7.86. The summed E-state index contributed by atoms with van der Waals surface area (Å²) in [7, 11) is 1.58. The van der Waals surface area contributed by atoms with Crippen LogP contribution in [0.1, 0.15) is 38.3 Å². The van der Waals surface area contributed by atoms with Crippen molar-refractivity contribution < 1.29 is 9.53 Å². The summed E-state index contributed by atoms with van der Waals surface area (Å²) in [6, 6.07) is 7.82. The highest BCUT2D eigenvalue weighted by atomic mass is 16.5. The average molecular weight is 354 g/mol. The van der Waals surface area contributed by atoms with E-state index in [1.165, 1.54) is 0 Å². The lowest BCUT2D eigenvalue weighted by Gasteiger charge is -2.36. The monoisotopic (exact) mass is 354 g/mol. The van der Waals surface area contributed by atoms with Crippen molar-refractivity contribution in [3.63, 3.8) is 0 Å². The van der Waals surface area contributed by atoms with Crippen molar-refractivity contribution in [1.82, 2.24) is 14.9 Å². The van der Waals surface area contributed by atoms with Crippen LogP contribution < -0.4 is 5.73 Å². The van der Waals surface area contributed by atoms with Crippen LogP contribution in [0.4, 0.5) is 5.82 Å². The minimum absolute atomic E-state index is 0.0364. The molecule has 0 bridgehead atoms. The predicted octanol–water partition coefficient (Wildman–Crippen LogP) is 2.86. The van der Waals surface area contributed by atoms with Gasteiger partial charge in [-0.2, -0.15) is 0 Å². The van der Waals surface area contributed by atoms with Gasteiger partial charge in [0.1, 0.15) is 11.4 Å². The minimum atomic E-state index is -0.790. The van der Waals surface area contributed by atoms with Crippen molar-refractivity contribution >= 4 is 11.7 Å². The van der Waals surface area contributed by atoms with Crippen LogP contribution in [0.3, 0.4) is 0 Å². The van der Waals surface area contributed by atoms with Crippen LogP contribution in [0.2, 0.25) is 0 Å². The molecule has 3 rings (SSSR count). The summed E-state index contributed by atoms with van der Waals surface area (Å²) in [5.74, 6) is 0.789. The maximum absolute atomic E-state index is 12.7. The predicted molar refractivity (Wildman–Crippen MR) is 102 cm³/mol. The van der Waals surface area contributed by atoms with Crippen LogP contribution in [0.5, 0.6) is 0 Å². The van der Waals surface area contributed by atoms with E-state index < -0.39 is 5.60 Å². The molecule has 6 heteroatoms. The molecule has 1 aliphatic rings. The van der Waals surface area contributed by atoms with Crippen LogP contribution in [0.25, 0.3) is 11.1 Å². The fraction of sp³-hybridized carbons (Fsp3) is 0.450. The van der Waals surface area contributed by atoms with Crippen LogP contribution in [0.15, 0.2) is 36.7 Å². The molecule has 1 saturated heterocycles. The van der Waals surface area contributed by atoms with E-state index in [4.69, 9.17) is 10.5 Å². The van der Waals surface area contributed by atoms with Crippen LogP contribution in [0, 0.1) is 0 Å². The first-order chi connectivity index (χ1) is 12.4. The number of nitrogens with two attached hydrogens (primary N) is 1. The largest absolute Gasteiger partial charge is 0.384 e. The van der Waals surface area contributed by atoms with Crippen molar-refractivity contribution in [2.24, 2.45) is 0 Å². The summed E-state index contributed by atoms with van der Waals surface area (Å²) >= 11 is 0. The van der Waals surface area contributed by atoms with Gasteiger partial charge in [-0.15, -0.1) is 0 Å². The van der Waals surface area contributed by atoms with E-state index in [-0.39, 0.29) is 11.8 Å². The van der Waals surface area contributed by atoms with Crippen LogP contribution in [-0.4, -0.2) is 46.6 Å². The van der Waals surface area contributed by atoms with Crippen LogP contribution >= 0.6 is 0 Å². The summed E-state index contributed by atoms with van der Waals surface area (Å²) in [5, 5.41) is 0. The number of carbonyl (C=O) groups is 1. The Morgan fingerprint density at radius 3 is 2.46 bits per heavy atom. The highest BCUT2D eigenvalue weighted by Gasteiger charge is 2.35. The molecule has 0 aromatic carbocycles. The highest BCUT2D eigenvalue weighted by Crippen LogP contribution is 2.29. The molecule has 1 atom stereocenters. The number of aromatic nitrogens is 2. The van der Waals surface area contributed by atoms with E-state index in [1.54, 1.807) is 19.4 Å². The van der Waals surface area contributed by atoms with Gasteiger partial charge in [-0.05, 0) is 44.9 Å². The van der Waals surface area contributed by atoms with E-state index in [0.29, 0.717) is 12.4 Å². The molecular weight excluding hydrogens is 328 g/mol. The van der Waals surface area contributed by atoms with Gasteiger partial charge in [0.15, 0.2) is 0 Å². The molecule has 1 fully saturated rings. The lowest BCUT2D eigenvalue weighted by atomic mass is 9.92. The van der Waals surface area contributed by atoms with E-state index in [9.17, 15) is 4.79 Å². The zero-order valence-corrected chi connectivity index (χ0v) is 15.6. The Hall–Kier alpha value is -2.47. The first kappa shape index (κ1) is 18.3. The van der Waals surface area contributed by atoms with E-state index in [0.717, 1.165) is 36.2 Å². The van der Waals surface area contributed by atoms with E-state index in [2.05, 4.69) is 16.0 Å². The number of ether oxygens (including phenoxy) is 1. The number of pyridine rings is 2. The van der Waals surface area contributed by atoms with Gasteiger partial charge in [-0.3, -0.25) is 9.78 Å². The fourth-order valence-corrected chi connectivity index (χ4v) is 3.26. The summed E-state index contributed by atoms with van der Waals surface area (Å²) in [6.07, 6.45) is 5.62. The second-order valence-electron chi connectivity index (χ2n) is 7.25. The molecule has 2 N–H and O–H groups in total. The Morgan fingerprint density at radius 1 is 1.19 bits per heavy atom. The van der Waals surface area contributed by atoms with Crippen molar-refractivity contribution in [3.05, 3.63) is 42.4 Å². The molecule has 3 heterocycles. The number of anilines is 1. The Balaban J connectivity index is 1.72.